The second kappa shape index (κ2) is 4.32. The minimum absolute atomic E-state index is 0.340. The molecule has 2 N–H and O–H groups in total. The van der Waals surface area contributed by atoms with Crippen molar-refractivity contribution in [3.05, 3.63) is 36.2 Å². The van der Waals surface area contributed by atoms with Crippen LogP contribution in [0, 0.1) is 0 Å². The van der Waals surface area contributed by atoms with Gasteiger partial charge in [-0.1, -0.05) is 17.4 Å². The fourth-order valence-electron chi connectivity index (χ4n) is 1.54. The third kappa shape index (κ3) is 1.90. The lowest BCUT2D eigenvalue weighted by Gasteiger charge is -2.04. The van der Waals surface area contributed by atoms with E-state index in [1.165, 1.54) is 0 Å². The van der Waals surface area contributed by atoms with Gasteiger partial charge in [-0.2, -0.15) is 0 Å². The van der Waals surface area contributed by atoms with Gasteiger partial charge in [0.25, 0.3) is 0 Å². The predicted molar refractivity (Wildman–Crippen MR) is 60.4 cm³/mol. The van der Waals surface area contributed by atoms with Gasteiger partial charge in [0.1, 0.15) is 11.4 Å². The van der Waals surface area contributed by atoms with Gasteiger partial charge < -0.3 is 10.2 Å². The average Bonchev–Trinajstić information content (AvgIpc) is 2.84. The highest BCUT2D eigenvalue weighted by atomic mass is 16.3. The number of allylic oxidation sites excluding steroid dienone is 1. The van der Waals surface area contributed by atoms with Crippen molar-refractivity contribution in [1.82, 2.24) is 15.0 Å². The molecule has 2 aromatic heterocycles. The van der Waals surface area contributed by atoms with Crippen LogP contribution in [0.1, 0.15) is 12.6 Å². The molecule has 16 heavy (non-hydrogen) atoms. The molecule has 2 heterocycles. The first-order valence-electron chi connectivity index (χ1n) is 5.03. The fourth-order valence-corrected chi connectivity index (χ4v) is 1.54. The van der Waals surface area contributed by atoms with Crippen LogP contribution in [0.4, 0.5) is 0 Å². The summed E-state index contributed by atoms with van der Waals surface area (Å²) < 4.78 is 7.11. The summed E-state index contributed by atoms with van der Waals surface area (Å²) in [5, 5.41) is 8.08. The Morgan fingerprint density at radius 3 is 3.00 bits per heavy atom. The van der Waals surface area contributed by atoms with E-state index in [4.69, 9.17) is 10.2 Å². The zero-order chi connectivity index (χ0) is 11.5. The van der Waals surface area contributed by atoms with E-state index >= 15 is 0 Å². The molecule has 0 bridgehead atoms. The number of hydrogen-bond donors (Lipinski definition) is 1. The molecule has 0 fully saturated rings. The standard InChI is InChI=1S/C11H14N4O/c1-8(2)7-15-11(9(6-12)13-14-15)10-4-3-5-16-10/h3-5H,1,6-7,12H2,2H3. The third-order valence-corrected chi connectivity index (χ3v) is 2.17. The van der Waals surface area contributed by atoms with Gasteiger partial charge in [0.2, 0.25) is 0 Å². The number of nitrogens with zero attached hydrogens (tertiary/aromatic N) is 3. The third-order valence-electron chi connectivity index (χ3n) is 2.17. The summed E-state index contributed by atoms with van der Waals surface area (Å²) in [7, 11) is 0. The summed E-state index contributed by atoms with van der Waals surface area (Å²) in [4.78, 5) is 0. The Kier molecular flexibility index (Phi) is 2.87. The first kappa shape index (κ1) is 10.6. The van der Waals surface area contributed by atoms with Gasteiger partial charge in [-0.3, -0.25) is 0 Å². The molecule has 0 radical (unpaired) electrons. The molecule has 5 heteroatoms. The molecule has 0 amide bonds. The Bertz CT molecular complexity index is 484. The summed E-state index contributed by atoms with van der Waals surface area (Å²) in [5.74, 6) is 0.728. The lowest BCUT2D eigenvalue weighted by Crippen LogP contribution is -2.04. The van der Waals surface area contributed by atoms with Crippen LogP contribution < -0.4 is 5.73 Å². The highest BCUT2D eigenvalue weighted by Gasteiger charge is 2.15. The van der Waals surface area contributed by atoms with Crippen LogP contribution in [-0.2, 0) is 13.1 Å². The van der Waals surface area contributed by atoms with E-state index in [2.05, 4.69) is 16.9 Å². The monoisotopic (exact) mass is 218 g/mol. The van der Waals surface area contributed by atoms with Crippen LogP contribution in [0.15, 0.2) is 35.0 Å². The van der Waals surface area contributed by atoms with Crippen molar-refractivity contribution in [2.24, 2.45) is 5.73 Å². The summed E-state index contributed by atoms with van der Waals surface area (Å²) in [5.41, 5.74) is 8.18. The number of rotatable bonds is 4. The smallest absolute Gasteiger partial charge is 0.153 e. The highest BCUT2D eigenvalue weighted by Crippen LogP contribution is 2.22. The van der Waals surface area contributed by atoms with E-state index in [0.717, 1.165) is 22.7 Å². The molecular formula is C11H14N4O. The molecule has 0 aliphatic rings. The molecule has 84 valence electrons. The predicted octanol–water partition coefficient (Wildman–Crippen LogP) is 1.57. The van der Waals surface area contributed by atoms with Crippen LogP contribution in [0.25, 0.3) is 11.5 Å². The normalized spacial score (nSPS) is 10.6. The Morgan fingerprint density at radius 2 is 2.44 bits per heavy atom. The van der Waals surface area contributed by atoms with Crippen molar-refractivity contribution in [3.63, 3.8) is 0 Å². The maximum absolute atomic E-state index is 5.62. The van der Waals surface area contributed by atoms with E-state index in [1.807, 2.05) is 19.1 Å². The first-order valence-corrected chi connectivity index (χ1v) is 5.03. The maximum atomic E-state index is 5.62. The Hall–Kier alpha value is -1.88. The van der Waals surface area contributed by atoms with Gasteiger partial charge in [-0.15, -0.1) is 5.10 Å². The minimum Gasteiger partial charge on any atom is -0.463 e. The van der Waals surface area contributed by atoms with Crippen LogP contribution in [0.3, 0.4) is 0 Å². The zero-order valence-electron chi connectivity index (χ0n) is 9.18. The Balaban J connectivity index is 2.47. The second-order valence-corrected chi connectivity index (χ2v) is 3.68. The SMILES string of the molecule is C=C(C)Cn1nnc(CN)c1-c1ccco1. The van der Waals surface area contributed by atoms with Crippen LogP contribution in [0.5, 0.6) is 0 Å². The molecule has 5 nitrogen and oxygen atoms in total. The van der Waals surface area contributed by atoms with Gasteiger partial charge in [-0.05, 0) is 19.1 Å². The van der Waals surface area contributed by atoms with Crippen LogP contribution >= 0.6 is 0 Å². The molecule has 2 aromatic rings. The average molecular weight is 218 g/mol. The lowest BCUT2D eigenvalue weighted by molar-refractivity contribution is 0.565. The second-order valence-electron chi connectivity index (χ2n) is 3.68. The van der Waals surface area contributed by atoms with Crippen molar-refractivity contribution >= 4 is 0 Å². The van der Waals surface area contributed by atoms with Crippen molar-refractivity contribution in [2.45, 2.75) is 20.0 Å². The van der Waals surface area contributed by atoms with E-state index in [-0.39, 0.29) is 0 Å². The molecule has 0 aromatic carbocycles. The van der Waals surface area contributed by atoms with E-state index < -0.39 is 0 Å². The van der Waals surface area contributed by atoms with Crippen molar-refractivity contribution < 1.29 is 4.42 Å². The zero-order valence-corrected chi connectivity index (χ0v) is 9.18. The van der Waals surface area contributed by atoms with Gasteiger partial charge in [-0.25, -0.2) is 4.68 Å². The molecule has 0 aliphatic heterocycles. The highest BCUT2D eigenvalue weighted by molar-refractivity contribution is 5.55. The Morgan fingerprint density at radius 1 is 1.62 bits per heavy atom. The van der Waals surface area contributed by atoms with Crippen LogP contribution in [-0.4, -0.2) is 15.0 Å². The maximum Gasteiger partial charge on any atom is 0.153 e. The van der Waals surface area contributed by atoms with Crippen LogP contribution in [0.2, 0.25) is 0 Å². The molecule has 0 saturated heterocycles. The number of nitrogens with two attached hydrogens (primary N) is 1. The van der Waals surface area contributed by atoms with Gasteiger partial charge >= 0.3 is 0 Å². The number of aromatic nitrogens is 3. The van der Waals surface area contributed by atoms with Crippen molar-refractivity contribution in [2.75, 3.05) is 0 Å². The lowest BCUT2D eigenvalue weighted by atomic mass is 10.2. The largest absolute Gasteiger partial charge is 0.463 e. The Labute approximate surface area is 93.6 Å². The number of hydrogen-bond acceptors (Lipinski definition) is 4. The minimum atomic E-state index is 0.340. The van der Waals surface area contributed by atoms with Gasteiger partial charge in [0.15, 0.2) is 5.76 Å². The molecule has 0 atom stereocenters. The molecule has 0 saturated carbocycles. The van der Waals surface area contributed by atoms with Crippen molar-refractivity contribution in [1.29, 1.82) is 0 Å². The summed E-state index contributed by atoms with van der Waals surface area (Å²) in [6, 6.07) is 3.69. The van der Waals surface area contributed by atoms with Gasteiger partial charge in [0, 0.05) is 6.54 Å². The number of furan rings is 1. The van der Waals surface area contributed by atoms with E-state index in [0.29, 0.717) is 13.1 Å². The molecule has 0 unspecified atom stereocenters. The summed E-state index contributed by atoms with van der Waals surface area (Å²) in [6.45, 7) is 6.75. The van der Waals surface area contributed by atoms with E-state index in [1.54, 1.807) is 10.9 Å². The molecule has 2 rings (SSSR count). The van der Waals surface area contributed by atoms with E-state index in [9.17, 15) is 0 Å². The first-order chi connectivity index (χ1) is 7.72. The molecule has 0 aliphatic carbocycles. The molecular weight excluding hydrogens is 204 g/mol. The summed E-state index contributed by atoms with van der Waals surface area (Å²) in [6.07, 6.45) is 1.62. The van der Waals surface area contributed by atoms with Gasteiger partial charge in [0.05, 0.1) is 12.8 Å². The molecule has 0 spiro atoms. The quantitative estimate of drug-likeness (QED) is 0.791. The summed E-state index contributed by atoms with van der Waals surface area (Å²) >= 11 is 0. The van der Waals surface area contributed by atoms with Crippen molar-refractivity contribution in [3.8, 4) is 11.5 Å². The topological polar surface area (TPSA) is 69.9 Å². The fraction of sp³-hybridized carbons (Fsp3) is 0.273.